The fourth-order valence-corrected chi connectivity index (χ4v) is 2.65. The molecule has 0 saturated carbocycles. The number of halogens is 1. The first-order valence-electron chi connectivity index (χ1n) is 6.31. The van der Waals surface area contributed by atoms with Crippen LogP contribution in [0.5, 0.6) is 0 Å². The van der Waals surface area contributed by atoms with E-state index in [0.717, 1.165) is 23.1 Å². The van der Waals surface area contributed by atoms with E-state index in [0.29, 0.717) is 5.56 Å². The molecule has 0 aromatic heterocycles. The summed E-state index contributed by atoms with van der Waals surface area (Å²) in [5.41, 5.74) is 1.39. The van der Waals surface area contributed by atoms with Crippen LogP contribution in [0.1, 0.15) is 35.8 Å². The largest absolute Gasteiger partial charge is 0.465 e. The quantitative estimate of drug-likeness (QED) is 0.815. The molecule has 0 aliphatic carbocycles. The van der Waals surface area contributed by atoms with Crippen LogP contribution < -0.4 is 0 Å². The third-order valence-electron chi connectivity index (χ3n) is 3.15. The monoisotopic (exact) mass is 329 g/mol. The number of likely N-dealkylation sites (N-methyl/N-ethyl adjacent to an activating group) is 1. The molecule has 0 amide bonds. The lowest BCUT2D eigenvalue weighted by Crippen LogP contribution is -2.31. The van der Waals surface area contributed by atoms with E-state index < -0.39 is 0 Å². The molecule has 0 radical (unpaired) electrons. The smallest absolute Gasteiger partial charge is 0.337 e. The zero-order valence-electron chi connectivity index (χ0n) is 11.5. The van der Waals surface area contributed by atoms with Crippen LogP contribution >= 0.6 is 15.9 Å². The summed E-state index contributed by atoms with van der Waals surface area (Å²) in [7, 11) is 1.36. The van der Waals surface area contributed by atoms with Crippen molar-refractivity contribution >= 4 is 21.9 Å². The number of rotatable bonds is 6. The molecule has 0 bridgehead atoms. The summed E-state index contributed by atoms with van der Waals surface area (Å²) in [5, 5.41) is 9.62. The van der Waals surface area contributed by atoms with Crippen molar-refractivity contribution in [2.75, 3.05) is 26.8 Å². The second-order valence-electron chi connectivity index (χ2n) is 4.18. The molecule has 5 heteroatoms. The van der Waals surface area contributed by atoms with Crippen LogP contribution in [0.3, 0.4) is 0 Å². The molecule has 1 aromatic carbocycles. The van der Waals surface area contributed by atoms with Gasteiger partial charge in [0.15, 0.2) is 0 Å². The van der Waals surface area contributed by atoms with Crippen molar-refractivity contribution in [2.24, 2.45) is 0 Å². The highest BCUT2D eigenvalue weighted by molar-refractivity contribution is 9.10. The van der Waals surface area contributed by atoms with Gasteiger partial charge in [-0.05, 0) is 36.9 Å². The molecule has 1 unspecified atom stereocenters. The van der Waals surface area contributed by atoms with Crippen LogP contribution in [0.25, 0.3) is 0 Å². The van der Waals surface area contributed by atoms with Crippen LogP contribution in [0.4, 0.5) is 0 Å². The van der Waals surface area contributed by atoms with E-state index in [1.165, 1.54) is 7.11 Å². The number of methoxy groups -OCH3 is 1. The maximum Gasteiger partial charge on any atom is 0.337 e. The van der Waals surface area contributed by atoms with Gasteiger partial charge >= 0.3 is 5.97 Å². The molecular weight excluding hydrogens is 310 g/mol. The molecule has 1 rings (SSSR count). The first kappa shape index (κ1) is 16.1. The lowest BCUT2D eigenvalue weighted by atomic mass is 10.0. The summed E-state index contributed by atoms with van der Waals surface area (Å²) in [4.78, 5) is 13.8. The highest BCUT2D eigenvalue weighted by atomic mass is 79.9. The predicted molar refractivity (Wildman–Crippen MR) is 78.2 cm³/mol. The Balaban J connectivity index is 3.16. The molecule has 0 aliphatic rings. The Bertz CT molecular complexity index is 433. The summed E-state index contributed by atoms with van der Waals surface area (Å²) in [5.74, 6) is -0.376. The average molecular weight is 330 g/mol. The molecule has 0 saturated heterocycles. The van der Waals surface area contributed by atoms with Gasteiger partial charge in [-0.25, -0.2) is 4.79 Å². The first-order valence-corrected chi connectivity index (χ1v) is 7.10. The fraction of sp³-hybridized carbons (Fsp3) is 0.500. The van der Waals surface area contributed by atoms with Gasteiger partial charge in [-0.3, -0.25) is 4.90 Å². The molecule has 1 aromatic rings. The number of carbonyl (C=O) groups is 1. The van der Waals surface area contributed by atoms with Crippen LogP contribution in [-0.4, -0.2) is 42.8 Å². The maximum atomic E-state index is 11.6. The van der Waals surface area contributed by atoms with Gasteiger partial charge in [0.25, 0.3) is 0 Å². The Hall–Kier alpha value is -0.910. The Labute approximate surface area is 122 Å². The summed E-state index contributed by atoms with van der Waals surface area (Å²) in [6.45, 7) is 5.78. The second-order valence-corrected chi connectivity index (χ2v) is 5.10. The molecular formula is C14H20BrNO3. The van der Waals surface area contributed by atoms with E-state index >= 15 is 0 Å². The SMILES string of the molecule is CCN(CC)C(CO)c1cc(Br)cc(C(=O)OC)c1. The number of nitrogens with zero attached hydrogens (tertiary/aromatic N) is 1. The van der Waals surface area contributed by atoms with Gasteiger partial charge in [-0.2, -0.15) is 0 Å². The lowest BCUT2D eigenvalue weighted by Gasteiger charge is -2.28. The summed E-state index contributed by atoms with van der Waals surface area (Å²) in [6, 6.07) is 5.30. The Morgan fingerprint density at radius 2 is 2.00 bits per heavy atom. The van der Waals surface area contributed by atoms with Gasteiger partial charge in [0.2, 0.25) is 0 Å². The number of aliphatic hydroxyl groups is 1. The third-order valence-corrected chi connectivity index (χ3v) is 3.61. The number of benzene rings is 1. The highest BCUT2D eigenvalue weighted by Gasteiger charge is 2.19. The van der Waals surface area contributed by atoms with Crippen molar-refractivity contribution < 1.29 is 14.6 Å². The molecule has 1 atom stereocenters. The van der Waals surface area contributed by atoms with Gasteiger partial charge in [0.1, 0.15) is 0 Å². The topological polar surface area (TPSA) is 49.8 Å². The number of hydrogen-bond donors (Lipinski definition) is 1. The van der Waals surface area contributed by atoms with Crippen LogP contribution in [-0.2, 0) is 4.74 Å². The zero-order chi connectivity index (χ0) is 14.4. The van der Waals surface area contributed by atoms with Crippen molar-refractivity contribution in [3.05, 3.63) is 33.8 Å². The molecule has 0 heterocycles. The van der Waals surface area contributed by atoms with Crippen molar-refractivity contribution in [1.82, 2.24) is 4.90 Å². The summed E-state index contributed by atoms with van der Waals surface area (Å²) < 4.78 is 5.54. The minimum absolute atomic E-state index is 0.0126. The van der Waals surface area contributed by atoms with Gasteiger partial charge in [-0.15, -0.1) is 0 Å². The molecule has 106 valence electrons. The summed E-state index contributed by atoms with van der Waals surface area (Å²) in [6.07, 6.45) is 0. The second kappa shape index (κ2) is 7.62. The maximum absolute atomic E-state index is 11.6. The third kappa shape index (κ3) is 4.03. The van der Waals surface area contributed by atoms with E-state index in [4.69, 9.17) is 4.74 Å². The van der Waals surface area contributed by atoms with Crippen molar-refractivity contribution in [1.29, 1.82) is 0 Å². The van der Waals surface area contributed by atoms with Gasteiger partial charge in [-0.1, -0.05) is 29.8 Å². The van der Waals surface area contributed by atoms with E-state index in [9.17, 15) is 9.90 Å². The minimum atomic E-state index is -0.376. The molecule has 0 aliphatic heterocycles. The molecule has 1 N–H and O–H groups in total. The van der Waals surface area contributed by atoms with Crippen LogP contribution in [0.15, 0.2) is 22.7 Å². The number of aliphatic hydroxyl groups excluding tert-OH is 1. The number of carbonyl (C=O) groups excluding carboxylic acids is 1. The molecule has 0 fully saturated rings. The summed E-state index contributed by atoms with van der Waals surface area (Å²) >= 11 is 3.39. The lowest BCUT2D eigenvalue weighted by molar-refractivity contribution is 0.0600. The molecule has 0 spiro atoms. The van der Waals surface area contributed by atoms with Crippen molar-refractivity contribution in [3.8, 4) is 0 Å². The highest BCUT2D eigenvalue weighted by Crippen LogP contribution is 2.25. The van der Waals surface area contributed by atoms with Crippen molar-refractivity contribution in [3.63, 3.8) is 0 Å². The number of esters is 1. The van der Waals surface area contributed by atoms with E-state index in [2.05, 4.69) is 20.8 Å². The van der Waals surface area contributed by atoms with E-state index in [1.54, 1.807) is 12.1 Å². The normalized spacial score (nSPS) is 12.5. The zero-order valence-corrected chi connectivity index (χ0v) is 13.1. The van der Waals surface area contributed by atoms with Gasteiger partial charge < -0.3 is 9.84 Å². The first-order chi connectivity index (χ1) is 9.07. The minimum Gasteiger partial charge on any atom is -0.465 e. The number of ether oxygens (including phenoxy) is 1. The Morgan fingerprint density at radius 1 is 1.37 bits per heavy atom. The van der Waals surface area contributed by atoms with Crippen LogP contribution in [0, 0.1) is 0 Å². The standard InChI is InChI=1S/C14H20BrNO3/c1-4-16(5-2)13(9-17)10-6-11(14(18)19-3)8-12(15)7-10/h6-8,13,17H,4-5,9H2,1-3H3. The number of hydrogen-bond acceptors (Lipinski definition) is 4. The van der Waals surface area contributed by atoms with Crippen molar-refractivity contribution in [2.45, 2.75) is 19.9 Å². The van der Waals surface area contributed by atoms with Gasteiger partial charge in [0.05, 0.1) is 25.3 Å². The van der Waals surface area contributed by atoms with Crippen LogP contribution in [0.2, 0.25) is 0 Å². The van der Waals surface area contributed by atoms with E-state index in [1.807, 2.05) is 19.9 Å². The Morgan fingerprint density at radius 3 is 2.47 bits per heavy atom. The molecule has 4 nitrogen and oxygen atoms in total. The fourth-order valence-electron chi connectivity index (χ4n) is 2.14. The predicted octanol–water partition coefficient (Wildman–Crippen LogP) is 2.61. The Kier molecular flexibility index (Phi) is 6.48. The average Bonchev–Trinajstić information content (AvgIpc) is 2.42. The van der Waals surface area contributed by atoms with Gasteiger partial charge in [0, 0.05) is 4.47 Å². The molecule has 19 heavy (non-hydrogen) atoms. The van der Waals surface area contributed by atoms with E-state index in [-0.39, 0.29) is 18.6 Å².